The maximum atomic E-state index is 12.9. The summed E-state index contributed by atoms with van der Waals surface area (Å²) in [7, 11) is 1.70. The molecular weight excluding hydrogens is 360 g/mol. The predicted octanol–water partition coefficient (Wildman–Crippen LogP) is 5.97. The van der Waals surface area contributed by atoms with Gasteiger partial charge in [-0.05, 0) is 67.9 Å². The number of benzene rings is 1. The molecule has 29 heavy (non-hydrogen) atoms. The smallest absolute Gasteiger partial charge is 0.136 e. The summed E-state index contributed by atoms with van der Waals surface area (Å²) >= 11 is 0. The number of carbonyl (C=O) groups is 1. The zero-order valence-corrected chi connectivity index (χ0v) is 18.4. The molecule has 1 aromatic rings. The molecule has 3 nitrogen and oxygen atoms in total. The first-order valence-corrected chi connectivity index (χ1v) is 11.9. The molecule has 0 radical (unpaired) electrons. The lowest BCUT2D eigenvalue weighted by molar-refractivity contribution is -0.127. The second-order valence-corrected chi connectivity index (χ2v) is 9.50. The molecule has 3 rings (SSSR count). The Hall–Kier alpha value is -1.35. The van der Waals surface area contributed by atoms with Crippen LogP contribution in [0.5, 0.6) is 5.75 Å². The number of methoxy groups -OCH3 is 1. The van der Waals surface area contributed by atoms with Gasteiger partial charge in [-0.15, -0.1) is 0 Å². The van der Waals surface area contributed by atoms with Crippen molar-refractivity contribution in [1.82, 2.24) is 0 Å². The Bertz CT molecular complexity index is 639. The van der Waals surface area contributed by atoms with Crippen LogP contribution in [0.3, 0.4) is 0 Å². The maximum absolute atomic E-state index is 12.9. The van der Waals surface area contributed by atoms with E-state index in [9.17, 15) is 9.90 Å². The van der Waals surface area contributed by atoms with Gasteiger partial charge in [-0.25, -0.2) is 0 Å². The van der Waals surface area contributed by atoms with Crippen molar-refractivity contribution in [2.24, 2.45) is 23.7 Å². The van der Waals surface area contributed by atoms with Gasteiger partial charge in [0.1, 0.15) is 11.5 Å². The normalized spacial score (nSPS) is 26.4. The van der Waals surface area contributed by atoms with Gasteiger partial charge in [0.25, 0.3) is 0 Å². The van der Waals surface area contributed by atoms with Crippen LogP contribution in [0.1, 0.15) is 83.1 Å². The first-order valence-electron chi connectivity index (χ1n) is 11.9. The van der Waals surface area contributed by atoms with Crippen molar-refractivity contribution in [3.05, 3.63) is 29.8 Å². The fourth-order valence-corrected chi connectivity index (χ4v) is 5.78. The lowest BCUT2D eigenvalue weighted by atomic mass is 9.64. The molecule has 2 fully saturated rings. The molecule has 0 aromatic heterocycles. The van der Waals surface area contributed by atoms with E-state index in [4.69, 9.17) is 4.74 Å². The number of ether oxygens (including phenoxy) is 1. The number of aliphatic hydroxyl groups is 1. The zero-order valence-electron chi connectivity index (χ0n) is 18.4. The fourth-order valence-electron chi connectivity index (χ4n) is 5.78. The van der Waals surface area contributed by atoms with E-state index < -0.39 is 0 Å². The van der Waals surface area contributed by atoms with Gasteiger partial charge in [-0.2, -0.15) is 0 Å². The van der Waals surface area contributed by atoms with Crippen LogP contribution >= 0.6 is 0 Å². The van der Waals surface area contributed by atoms with Crippen LogP contribution in [0, 0.1) is 23.7 Å². The van der Waals surface area contributed by atoms with Gasteiger partial charge in [0, 0.05) is 12.3 Å². The largest absolute Gasteiger partial charge is 0.496 e. The molecule has 0 spiro atoms. The highest BCUT2D eigenvalue weighted by molar-refractivity contribution is 5.81. The summed E-state index contributed by atoms with van der Waals surface area (Å²) < 4.78 is 5.42. The van der Waals surface area contributed by atoms with Crippen LogP contribution < -0.4 is 4.74 Å². The molecular formula is C26H40O3. The molecule has 1 aromatic carbocycles. The summed E-state index contributed by atoms with van der Waals surface area (Å²) in [6.07, 6.45) is 12.7. The molecule has 5 atom stereocenters. The molecule has 3 heteroatoms. The predicted molar refractivity (Wildman–Crippen MR) is 118 cm³/mol. The Morgan fingerprint density at radius 2 is 1.86 bits per heavy atom. The third-order valence-electron chi connectivity index (χ3n) is 7.63. The van der Waals surface area contributed by atoms with Gasteiger partial charge in [0.15, 0.2) is 0 Å². The summed E-state index contributed by atoms with van der Waals surface area (Å²) in [6, 6.07) is 8.11. The van der Waals surface area contributed by atoms with Crippen molar-refractivity contribution in [1.29, 1.82) is 0 Å². The summed E-state index contributed by atoms with van der Waals surface area (Å²) in [5.74, 6) is 3.42. The third-order valence-corrected chi connectivity index (χ3v) is 7.63. The molecule has 2 aliphatic carbocycles. The highest BCUT2D eigenvalue weighted by atomic mass is 16.5. The van der Waals surface area contributed by atoms with Crippen molar-refractivity contribution >= 4 is 5.78 Å². The quantitative estimate of drug-likeness (QED) is 0.526. The average molecular weight is 401 g/mol. The summed E-state index contributed by atoms with van der Waals surface area (Å²) in [4.78, 5) is 12.9. The number of aliphatic hydroxyl groups excluding tert-OH is 1. The lowest BCUT2D eigenvalue weighted by Crippen LogP contribution is -2.35. The SMILES string of the molecule is COc1ccccc1CCC(C)C(O)CCCC(=O)C1CCCC2CCCCC21. The number of Topliss-reactive ketones (excluding diaryl/α,β-unsaturated/α-hetero) is 1. The minimum Gasteiger partial charge on any atom is -0.496 e. The standard InChI is InChI=1S/C26H40O3/c1-19(17-18-21-10-4-6-16-26(21)29-2)24(27)14-8-15-25(28)23-13-7-11-20-9-3-5-12-22(20)23/h4,6,10,16,19-20,22-24,27H,3,5,7-9,11-15,17-18H2,1-2H3. The van der Waals surface area contributed by atoms with E-state index in [0.717, 1.165) is 43.8 Å². The highest BCUT2D eigenvalue weighted by Gasteiger charge is 2.37. The van der Waals surface area contributed by atoms with Crippen LogP contribution in [-0.2, 0) is 11.2 Å². The molecule has 0 heterocycles. The van der Waals surface area contributed by atoms with Crippen molar-refractivity contribution in [2.75, 3.05) is 7.11 Å². The number of carbonyl (C=O) groups excluding carboxylic acids is 1. The second kappa shape index (κ2) is 11.2. The molecule has 0 bridgehead atoms. The first kappa shape index (κ1) is 22.3. The van der Waals surface area contributed by atoms with Gasteiger partial charge in [0.05, 0.1) is 13.2 Å². The molecule has 2 saturated carbocycles. The van der Waals surface area contributed by atoms with Crippen LogP contribution in [0.15, 0.2) is 24.3 Å². The number of hydrogen-bond donors (Lipinski definition) is 1. The number of aryl methyl sites for hydroxylation is 1. The van der Waals surface area contributed by atoms with Gasteiger partial charge in [-0.3, -0.25) is 4.79 Å². The van der Waals surface area contributed by atoms with E-state index in [0.29, 0.717) is 24.0 Å². The number of para-hydroxylation sites is 1. The van der Waals surface area contributed by atoms with E-state index in [-0.39, 0.29) is 12.0 Å². The number of rotatable bonds is 10. The van der Waals surface area contributed by atoms with Crippen LogP contribution in [-0.4, -0.2) is 24.1 Å². The van der Waals surface area contributed by atoms with E-state index >= 15 is 0 Å². The van der Waals surface area contributed by atoms with Gasteiger partial charge in [-0.1, -0.05) is 57.2 Å². The lowest BCUT2D eigenvalue weighted by Gasteiger charge is -2.40. The fraction of sp³-hybridized carbons (Fsp3) is 0.731. The van der Waals surface area contributed by atoms with Crippen LogP contribution in [0.2, 0.25) is 0 Å². The Kier molecular flexibility index (Phi) is 8.59. The molecule has 1 N–H and O–H groups in total. The van der Waals surface area contributed by atoms with E-state index in [1.165, 1.54) is 44.1 Å². The second-order valence-electron chi connectivity index (χ2n) is 9.50. The van der Waals surface area contributed by atoms with Gasteiger partial charge in [0.2, 0.25) is 0 Å². The minimum atomic E-state index is -0.328. The van der Waals surface area contributed by atoms with Crippen molar-refractivity contribution in [3.8, 4) is 5.75 Å². The average Bonchev–Trinajstić information content (AvgIpc) is 2.76. The molecule has 0 saturated heterocycles. The van der Waals surface area contributed by atoms with E-state index in [2.05, 4.69) is 13.0 Å². The minimum absolute atomic E-state index is 0.229. The third kappa shape index (κ3) is 6.07. The molecule has 5 unspecified atom stereocenters. The summed E-state index contributed by atoms with van der Waals surface area (Å²) in [5.41, 5.74) is 1.20. The molecule has 0 amide bonds. The van der Waals surface area contributed by atoms with Crippen LogP contribution in [0.25, 0.3) is 0 Å². The van der Waals surface area contributed by atoms with Crippen molar-refractivity contribution in [2.45, 2.75) is 90.1 Å². The number of ketones is 1. The topological polar surface area (TPSA) is 46.5 Å². The Balaban J connectivity index is 1.39. The Morgan fingerprint density at radius 1 is 1.10 bits per heavy atom. The Morgan fingerprint density at radius 3 is 2.69 bits per heavy atom. The number of hydrogen-bond acceptors (Lipinski definition) is 3. The van der Waals surface area contributed by atoms with E-state index in [1.54, 1.807) is 7.11 Å². The van der Waals surface area contributed by atoms with Crippen LogP contribution in [0.4, 0.5) is 0 Å². The molecule has 0 aliphatic heterocycles. The first-order chi connectivity index (χ1) is 14.1. The van der Waals surface area contributed by atoms with E-state index in [1.807, 2.05) is 18.2 Å². The summed E-state index contributed by atoms with van der Waals surface area (Å²) in [6.45, 7) is 2.12. The van der Waals surface area contributed by atoms with Crippen molar-refractivity contribution < 1.29 is 14.6 Å². The zero-order chi connectivity index (χ0) is 20.6. The summed E-state index contributed by atoms with van der Waals surface area (Å²) in [5, 5.41) is 10.6. The van der Waals surface area contributed by atoms with Crippen molar-refractivity contribution in [3.63, 3.8) is 0 Å². The molecule has 162 valence electrons. The number of fused-ring (bicyclic) bond motifs is 1. The molecule has 2 aliphatic rings. The van der Waals surface area contributed by atoms with Gasteiger partial charge >= 0.3 is 0 Å². The monoisotopic (exact) mass is 400 g/mol. The van der Waals surface area contributed by atoms with Gasteiger partial charge < -0.3 is 9.84 Å². The highest BCUT2D eigenvalue weighted by Crippen LogP contribution is 2.44. The maximum Gasteiger partial charge on any atom is 0.136 e. The Labute approximate surface area is 177 Å².